The van der Waals surface area contributed by atoms with Gasteiger partial charge in [0.25, 0.3) is 0 Å². The van der Waals surface area contributed by atoms with Gasteiger partial charge >= 0.3 is 0 Å². The van der Waals surface area contributed by atoms with Crippen LogP contribution in [-0.4, -0.2) is 35.1 Å². The molecule has 0 bridgehead atoms. The minimum absolute atomic E-state index is 0.166. The second-order valence-electron chi connectivity index (χ2n) is 5.61. The van der Waals surface area contributed by atoms with E-state index in [-0.39, 0.29) is 12.5 Å². The first kappa shape index (κ1) is 18.7. The third kappa shape index (κ3) is 6.18. The highest BCUT2D eigenvalue weighted by atomic mass is 16.5. The Morgan fingerprint density at radius 1 is 1.36 bits per heavy atom. The molecule has 5 heteroatoms. The normalized spacial score (nSPS) is 13.8. The van der Waals surface area contributed by atoms with Crippen molar-refractivity contribution in [3.05, 3.63) is 41.0 Å². The van der Waals surface area contributed by atoms with Crippen LogP contribution in [0.4, 0.5) is 0 Å². The number of aliphatic hydroxyl groups is 3. The first-order valence-electron chi connectivity index (χ1n) is 7.45. The molecule has 0 aromatic carbocycles. The second-order valence-corrected chi connectivity index (χ2v) is 5.61. The molecule has 0 saturated heterocycles. The van der Waals surface area contributed by atoms with Crippen LogP contribution in [0.15, 0.2) is 33.9 Å². The number of ether oxygens (including phenoxy) is 1. The van der Waals surface area contributed by atoms with E-state index in [0.29, 0.717) is 31.0 Å². The molecule has 124 valence electrons. The maximum Gasteiger partial charge on any atom is 0.133 e. The SMILES string of the molecule is COCC(=C=CC[C@@H](O)c1ccc(CO)o1)C[C@@H](O)C(C)C. The summed E-state index contributed by atoms with van der Waals surface area (Å²) in [6.07, 6.45) is 1.32. The highest BCUT2D eigenvalue weighted by Crippen LogP contribution is 2.20. The summed E-state index contributed by atoms with van der Waals surface area (Å²) in [5.74, 6) is 1.01. The van der Waals surface area contributed by atoms with E-state index in [4.69, 9.17) is 14.3 Å². The van der Waals surface area contributed by atoms with E-state index in [0.717, 1.165) is 5.57 Å². The molecule has 0 aliphatic heterocycles. The van der Waals surface area contributed by atoms with Gasteiger partial charge in [-0.2, -0.15) is 0 Å². The Morgan fingerprint density at radius 3 is 2.64 bits per heavy atom. The molecular weight excluding hydrogens is 284 g/mol. The lowest BCUT2D eigenvalue weighted by Crippen LogP contribution is -2.16. The number of rotatable bonds is 9. The fourth-order valence-electron chi connectivity index (χ4n) is 1.91. The summed E-state index contributed by atoms with van der Waals surface area (Å²) in [4.78, 5) is 0. The van der Waals surface area contributed by atoms with E-state index < -0.39 is 12.2 Å². The van der Waals surface area contributed by atoms with Crippen molar-refractivity contribution in [2.45, 2.75) is 45.5 Å². The molecule has 3 N–H and O–H groups in total. The fraction of sp³-hybridized carbons (Fsp3) is 0.588. The molecule has 0 unspecified atom stereocenters. The zero-order valence-corrected chi connectivity index (χ0v) is 13.5. The smallest absolute Gasteiger partial charge is 0.133 e. The van der Waals surface area contributed by atoms with Crippen molar-refractivity contribution < 1.29 is 24.5 Å². The van der Waals surface area contributed by atoms with Crippen molar-refractivity contribution in [2.75, 3.05) is 13.7 Å². The topological polar surface area (TPSA) is 83.1 Å². The van der Waals surface area contributed by atoms with E-state index in [2.05, 4.69) is 5.73 Å². The van der Waals surface area contributed by atoms with Gasteiger partial charge in [-0.3, -0.25) is 0 Å². The van der Waals surface area contributed by atoms with Crippen LogP contribution in [0.2, 0.25) is 0 Å². The standard InChI is InChI=1S/C17H26O5/c1-12(2)16(20)9-13(11-21-3)5-4-6-15(19)17-8-7-14(10-18)22-17/h4,7-8,12,15-16,18-20H,6,9-11H2,1-3H3/t5?,15-,16-/m1/s1. The van der Waals surface area contributed by atoms with Crippen LogP contribution >= 0.6 is 0 Å². The molecule has 2 atom stereocenters. The van der Waals surface area contributed by atoms with Gasteiger partial charge in [-0.05, 0) is 29.7 Å². The third-order valence-electron chi connectivity index (χ3n) is 3.36. The lowest BCUT2D eigenvalue weighted by molar-refractivity contribution is 0.118. The Bertz CT molecular complexity index is 497. The number of aliphatic hydroxyl groups excluding tert-OH is 3. The lowest BCUT2D eigenvalue weighted by atomic mass is 10.00. The Hall–Kier alpha value is -1.36. The summed E-state index contributed by atoms with van der Waals surface area (Å²) in [7, 11) is 1.59. The molecule has 0 saturated carbocycles. The second kappa shape index (κ2) is 9.62. The Labute approximate surface area is 131 Å². The van der Waals surface area contributed by atoms with E-state index >= 15 is 0 Å². The summed E-state index contributed by atoms with van der Waals surface area (Å²) in [6.45, 7) is 4.12. The molecule has 0 fully saturated rings. The Balaban J connectivity index is 2.67. The van der Waals surface area contributed by atoms with Crippen LogP contribution in [-0.2, 0) is 11.3 Å². The molecule has 0 amide bonds. The lowest BCUT2D eigenvalue weighted by Gasteiger charge is -2.15. The largest absolute Gasteiger partial charge is 0.461 e. The van der Waals surface area contributed by atoms with Crippen molar-refractivity contribution in [1.29, 1.82) is 0 Å². The van der Waals surface area contributed by atoms with E-state index in [1.807, 2.05) is 13.8 Å². The average molecular weight is 310 g/mol. The molecule has 22 heavy (non-hydrogen) atoms. The predicted molar refractivity (Wildman–Crippen MR) is 83.1 cm³/mol. The summed E-state index contributed by atoms with van der Waals surface area (Å²) in [5.41, 5.74) is 3.94. The van der Waals surface area contributed by atoms with E-state index in [9.17, 15) is 10.2 Å². The number of furan rings is 1. The maximum atomic E-state index is 10.0. The van der Waals surface area contributed by atoms with Gasteiger partial charge in [0.05, 0.1) is 12.7 Å². The molecule has 0 spiro atoms. The zero-order valence-electron chi connectivity index (χ0n) is 13.5. The van der Waals surface area contributed by atoms with Gasteiger partial charge in [-0.1, -0.05) is 13.8 Å². The molecule has 1 heterocycles. The van der Waals surface area contributed by atoms with Crippen LogP contribution in [0.5, 0.6) is 0 Å². The van der Waals surface area contributed by atoms with Gasteiger partial charge in [0.2, 0.25) is 0 Å². The van der Waals surface area contributed by atoms with Crippen molar-refractivity contribution in [3.8, 4) is 0 Å². The van der Waals surface area contributed by atoms with Crippen LogP contribution in [0.25, 0.3) is 0 Å². The molecule has 0 aliphatic rings. The Kier molecular flexibility index (Phi) is 8.17. The van der Waals surface area contributed by atoms with Crippen LogP contribution in [0.3, 0.4) is 0 Å². The third-order valence-corrected chi connectivity index (χ3v) is 3.36. The van der Waals surface area contributed by atoms with Crippen molar-refractivity contribution >= 4 is 0 Å². The molecule has 1 aromatic rings. The highest BCUT2D eigenvalue weighted by molar-refractivity contribution is 5.11. The summed E-state index contributed by atoms with van der Waals surface area (Å²) in [6, 6.07) is 3.28. The van der Waals surface area contributed by atoms with Gasteiger partial charge in [-0.25, -0.2) is 0 Å². The maximum absolute atomic E-state index is 10.0. The molecular formula is C17H26O5. The van der Waals surface area contributed by atoms with E-state index in [1.54, 1.807) is 25.3 Å². The van der Waals surface area contributed by atoms with Gasteiger partial charge in [0, 0.05) is 20.0 Å². The first-order valence-corrected chi connectivity index (χ1v) is 7.45. The van der Waals surface area contributed by atoms with Crippen LogP contribution < -0.4 is 0 Å². The number of methoxy groups -OCH3 is 1. The van der Waals surface area contributed by atoms with Crippen LogP contribution in [0.1, 0.15) is 44.3 Å². The minimum atomic E-state index is -0.786. The van der Waals surface area contributed by atoms with Gasteiger partial charge in [-0.15, -0.1) is 5.73 Å². The van der Waals surface area contributed by atoms with E-state index in [1.165, 1.54) is 0 Å². The Morgan fingerprint density at radius 2 is 2.09 bits per heavy atom. The molecule has 1 rings (SSSR count). The average Bonchev–Trinajstić information content (AvgIpc) is 2.96. The van der Waals surface area contributed by atoms with Crippen molar-refractivity contribution in [2.24, 2.45) is 5.92 Å². The van der Waals surface area contributed by atoms with Crippen molar-refractivity contribution in [1.82, 2.24) is 0 Å². The quantitative estimate of drug-likeness (QED) is 0.610. The predicted octanol–water partition coefficient (Wildman–Crippen LogP) is 2.33. The first-order chi connectivity index (χ1) is 10.5. The minimum Gasteiger partial charge on any atom is -0.461 e. The van der Waals surface area contributed by atoms with Gasteiger partial charge in [0.15, 0.2) is 0 Å². The summed E-state index contributed by atoms with van der Waals surface area (Å²) < 4.78 is 10.4. The summed E-state index contributed by atoms with van der Waals surface area (Å²) >= 11 is 0. The fourth-order valence-corrected chi connectivity index (χ4v) is 1.91. The molecule has 0 aliphatic carbocycles. The van der Waals surface area contributed by atoms with Crippen LogP contribution in [0, 0.1) is 5.92 Å². The monoisotopic (exact) mass is 310 g/mol. The number of hydrogen-bond acceptors (Lipinski definition) is 5. The van der Waals surface area contributed by atoms with Gasteiger partial charge in [0.1, 0.15) is 24.2 Å². The van der Waals surface area contributed by atoms with Gasteiger partial charge < -0.3 is 24.5 Å². The zero-order chi connectivity index (χ0) is 16.5. The number of hydrogen-bond donors (Lipinski definition) is 3. The van der Waals surface area contributed by atoms with Crippen molar-refractivity contribution in [3.63, 3.8) is 0 Å². The molecule has 0 radical (unpaired) electrons. The molecule has 1 aromatic heterocycles. The highest BCUT2D eigenvalue weighted by Gasteiger charge is 2.12. The molecule has 5 nitrogen and oxygen atoms in total. The summed E-state index contributed by atoms with van der Waals surface area (Å²) in [5, 5.41) is 28.9.